The van der Waals surface area contributed by atoms with Crippen molar-refractivity contribution in [1.82, 2.24) is 9.78 Å². The molecule has 0 radical (unpaired) electrons. The zero-order valence-electron chi connectivity index (χ0n) is 16.0. The maximum atomic E-state index is 12.2. The Bertz CT molecular complexity index is 940. The summed E-state index contributed by atoms with van der Waals surface area (Å²) in [6.45, 7) is 1.32. The van der Waals surface area contributed by atoms with E-state index in [4.69, 9.17) is 4.74 Å². The number of amides is 1. The molecular formula is C21H23N3O5. The van der Waals surface area contributed by atoms with Crippen LogP contribution in [0.15, 0.2) is 60.7 Å². The highest BCUT2D eigenvalue weighted by molar-refractivity contribution is 5.95. The molecule has 0 aliphatic heterocycles. The average molecular weight is 397 g/mol. The van der Waals surface area contributed by atoms with Crippen LogP contribution in [-0.2, 0) is 0 Å². The molecule has 1 amide bonds. The number of aromatic nitrogens is 2. The van der Waals surface area contributed by atoms with E-state index in [1.807, 2.05) is 36.4 Å². The van der Waals surface area contributed by atoms with Crippen LogP contribution in [0.1, 0.15) is 5.56 Å². The zero-order chi connectivity index (χ0) is 20.8. The topological polar surface area (TPSA) is 108 Å². The van der Waals surface area contributed by atoms with Gasteiger partial charge in [-0.1, -0.05) is 36.4 Å². The van der Waals surface area contributed by atoms with E-state index in [1.165, 1.54) is 4.68 Å². The summed E-state index contributed by atoms with van der Waals surface area (Å²) in [6.07, 6.45) is -1.16. The predicted octanol–water partition coefficient (Wildman–Crippen LogP) is 2.98. The first-order valence-electron chi connectivity index (χ1n) is 9.14. The van der Waals surface area contributed by atoms with Crippen molar-refractivity contribution in [3.8, 4) is 11.6 Å². The maximum Gasteiger partial charge on any atom is 0.417 e. The second-order valence-electron chi connectivity index (χ2n) is 6.50. The van der Waals surface area contributed by atoms with E-state index < -0.39 is 12.0 Å². The second kappa shape index (κ2) is 9.22. The summed E-state index contributed by atoms with van der Waals surface area (Å²) in [5.41, 5.74) is 1.66. The van der Waals surface area contributed by atoms with E-state index in [0.29, 0.717) is 22.8 Å². The molecule has 3 N–H and O–H groups in total. The van der Waals surface area contributed by atoms with Crippen molar-refractivity contribution >= 4 is 17.6 Å². The molecule has 8 heteroatoms. The molecule has 29 heavy (non-hydrogen) atoms. The van der Waals surface area contributed by atoms with Gasteiger partial charge in [0.05, 0.1) is 36.8 Å². The Kier molecular flexibility index (Phi) is 6.48. The molecule has 152 valence electrons. The van der Waals surface area contributed by atoms with Crippen LogP contribution in [0.4, 0.5) is 16.3 Å². The van der Waals surface area contributed by atoms with Gasteiger partial charge in [0.2, 0.25) is 5.88 Å². The van der Waals surface area contributed by atoms with E-state index in [0.717, 1.165) is 4.90 Å². The van der Waals surface area contributed by atoms with Crippen LogP contribution >= 0.6 is 0 Å². The monoisotopic (exact) mass is 397 g/mol. The van der Waals surface area contributed by atoms with E-state index in [-0.39, 0.29) is 25.7 Å². The van der Waals surface area contributed by atoms with Gasteiger partial charge in [-0.05, 0) is 31.2 Å². The van der Waals surface area contributed by atoms with Gasteiger partial charge in [-0.3, -0.25) is 0 Å². The van der Waals surface area contributed by atoms with Gasteiger partial charge >= 0.3 is 6.09 Å². The smallest absolute Gasteiger partial charge is 0.417 e. The Hall–Kier alpha value is -3.36. The number of hydrogen-bond donors (Lipinski definition) is 3. The minimum absolute atomic E-state index is 0.0531. The van der Waals surface area contributed by atoms with Crippen molar-refractivity contribution in [3.05, 3.63) is 66.2 Å². The van der Waals surface area contributed by atoms with Crippen molar-refractivity contribution in [1.29, 1.82) is 0 Å². The lowest BCUT2D eigenvalue weighted by molar-refractivity contribution is 0.104. The molecule has 0 saturated heterocycles. The number of ether oxygens (including phenoxy) is 1. The van der Waals surface area contributed by atoms with E-state index >= 15 is 0 Å². The zero-order valence-corrected chi connectivity index (χ0v) is 16.0. The first kappa shape index (κ1) is 20.4. The van der Waals surface area contributed by atoms with Gasteiger partial charge in [-0.15, -0.1) is 5.10 Å². The van der Waals surface area contributed by atoms with E-state index in [2.05, 4.69) is 5.10 Å². The molecular weight excluding hydrogens is 374 g/mol. The third-order valence-electron chi connectivity index (χ3n) is 4.44. The number of aliphatic hydroxyl groups is 2. The SMILES string of the molecule is Cc1c(OCC(CO)CO)nn(-c2ccccc2)c1N(C(=O)O)c1ccccc1. The molecule has 8 nitrogen and oxygen atoms in total. The van der Waals surface area contributed by atoms with Crippen molar-refractivity contribution in [2.24, 2.45) is 5.92 Å². The first-order chi connectivity index (χ1) is 14.1. The Balaban J connectivity index is 2.11. The first-order valence-corrected chi connectivity index (χ1v) is 9.14. The Morgan fingerprint density at radius 2 is 1.66 bits per heavy atom. The molecule has 0 aliphatic rings. The Morgan fingerprint density at radius 3 is 2.21 bits per heavy atom. The number of para-hydroxylation sites is 2. The number of rotatable bonds is 8. The van der Waals surface area contributed by atoms with Gasteiger partial charge in [-0.25, -0.2) is 14.4 Å². The van der Waals surface area contributed by atoms with Crippen molar-refractivity contribution in [2.75, 3.05) is 24.7 Å². The number of benzene rings is 2. The highest BCUT2D eigenvalue weighted by Crippen LogP contribution is 2.35. The van der Waals surface area contributed by atoms with Crippen LogP contribution in [0.2, 0.25) is 0 Å². The normalized spacial score (nSPS) is 10.9. The lowest BCUT2D eigenvalue weighted by Crippen LogP contribution is -2.26. The van der Waals surface area contributed by atoms with Crippen LogP contribution in [0, 0.1) is 12.8 Å². The molecule has 0 fully saturated rings. The number of aliphatic hydroxyl groups excluding tert-OH is 2. The highest BCUT2D eigenvalue weighted by atomic mass is 16.5. The van der Waals surface area contributed by atoms with Crippen LogP contribution in [0.5, 0.6) is 5.88 Å². The summed E-state index contributed by atoms with van der Waals surface area (Å²) in [7, 11) is 0. The van der Waals surface area contributed by atoms with Gasteiger partial charge in [0.1, 0.15) is 0 Å². The molecule has 1 aromatic heterocycles. The standard InChI is InChI=1S/C21H23N3O5/c1-15-19(29-14-16(12-25)13-26)22-24(18-10-6-3-7-11-18)20(15)23(21(27)28)17-8-4-2-5-9-17/h2-11,16,25-26H,12-14H2,1H3,(H,27,28). The fraction of sp³-hybridized carbons (Fsp3) is 0.238. The molecule has 1 heterocycles. The molecule has 0 spiro atoms. The third kappa shape index (κ3) is 4.39. The third-order valence-corrected chi connectivity index (χ3v) is 4.44. The van der Waals surface area contributed by atoms with Crippen molar-refractivity contribution in [2.45, 2.75) is 6.92 Å². The average Bonchev–Trinajstić information content (AvgIpc) is 3.06. The number of nitrogens with zero attached hydrogens (tertiary/aromatic N) is 3. The summed E-state index contributed by atoms with van der Waals surface area (Å²) < 4.78 is 7.23. The Labute approximate surface area is 168 Å². The number of anilines is 2. The van der Waals surface area contributed by atoms with Gasteiger partial charge in [0.25, 0.3) is 0 Å². The van der Waals surface area contributed by atoms with Crippen LogP contribution in [-0.4, -0.2) is 51.0 Å². The maximum absolute atomic E-state index is 12.2. The van der Waals surface area contributed by atoms with Gasteiger partial charge in [-0.2, -0.15) is 0 Å². The lowest BCUT2D eigenvalue weighted by Gasteiger charge is -2.21. The lowest BCUT2D eigenvalue weighted by atomic mass is 10.2. The number of hydrogen-bond acceptors (Lipinski definition) is 5. The molecule has 0 atom stereocenters. The summed E-state index contributed by atoms with van der Waals surface area (Å²) in [5.74, 6) is 0.108. The highest BCUT2D eigenvalue weighted by Gasteiger charge is 2.28. The molecule has 0 bridgehead atoms. The van der Waals surface area contributed by atoms with Gasteiger partial charge in [0, 0.05) is 5.92 Å². The largest absolute Gasteiger partial charge is 0.476 e. The molecule has 3 rings (SSSR count). The summed E-state index contributed by atoms with van der Waals surface area (Å²) >= 11 is 0. The second-order valence-corrected chi connectivity index (χ2v) is 6.50. The van der Waals surface area contributed by atoms with E-state index in [1.54, 1.807) is 31.2 Å². The molecule has 0 saturated carbocycles. The van der Waals surface area contributed by atoms with Crippen LogP contribution < -0.4 is 9.64 Å². The molecule has 3 aromatic rings. The quantitative estimate of drug-likeness (QED) is 0.539. The summed E-state index contributed by atoms with van der Waals surface area (Å²) in [4.78, 5) is 13.3. The van der Waals surface area contributed by atoms with Crippen LogP contribution in [0.25, 0.3) is 5.69 Å². The van der Waals surface area contributed by atoms with Crippen molar-refractivity contribution in [3.63, 3.8) is 0 Å². The molecule has 2 aromatic carbocycles. The minimum Gasteiger partial charge on any atom is -0.476 e. The molecule has 0 aliphatic carbocycles. The van der Waals surface area contributed by atoms with Crippen LogP contribution in [0.3, 0.4) is 0 Å². The fourth-order valence-electron chi connectivity index (χ4n) is 2.88. The van der Waals surface area contributed by atoms with Gasteiger partial charge < -0.3 is 20.1 Å². The van der Waals surface area contributed by atoms with E-state index in [9.17, 15) is 20.1 Å². The predicted molar refractivity (Wildman–Crippen MR) is 108 cm³/mol. The minimum atomic E-state index is -1.16. The fourth-order valence-corrected chi connectivity index (χ4v) is 2.88. The number of carboxylic acid groups (broad SMARTS) is 1. The summed E-state index contributed by atoms with van der Waals surface area (Å²) in [5, 5.41) is 33.0. The number of carbonyl (C=O) groups is 1. The van der Waals surface area contributed by atoms with Gasteiger partial charge in [0.15, 0.2) is 5.82 Å². The van der Waals surface area contributed by atoms with Crippen molar-refractivity contribution < 1.29 is 24.9 Å². The Morgan fingerprint density at radius 1 is 1.07 bits per heavy atom. The summed E-state index contributed by atoms with van der Waals surface area (Å²) in [6, 6.07) is 17.9. The molecule has 0 unspecified atom stereocenters.